The quantitative estimate of drug-likeness (QED) is 0.745. The average molecular weight is 193 g/mol. The molecule has 14 heavy (non-hydrogen) atoms. The van der Waals surface area contributed by atoms with Crippen molar-refractivity contribution >= 4 is 5.69 Å². The van der Waals surface area contributed by atoms with Gasteiger partial charge in [0.05, 0.1) is 0 Å². The van der Waals surface area contributed by atoms with Gasteiger partial charge in [0.15, 0.2) is 0 Å². The van der Waals surface area contributed by atoms with Gasteiger partial charge in [0.1, 0.15) is 11.4 Å². The molecule has 0 aliphatic heterocycles. The zero-order chi connectivity index (χ0) is 10.6. The number of rotatable bonds is 4. The van der Waals surface area contributed by atoms with E-state index in [2.05, 4.69) is 20.8 Å². The lowest BCUT2D eigenvalue weighted by Crippen LogP contribution is -2.30. The second-order valence-electron chi connectivity index (χ2n) is 3.83. The van der Waals surface area contributed by atoms with E-state index in [4.69, 9.17) is 10.5 Å². The van der Waals surface area contributed by atoms with Crippen molar-refractivity contribution in [1.82, 2.24) is 0 Å². The first kappa shape index (κ1) is 10.9. The minimum Gasteiger partial charge on any atom is -0.488 e. The highest BCUT2D eigenvalue weighted by molar-refractivity contribution is 5.43. The van der Waals surface area contributed by atoms with Crippen LogP contribution in [-0.4, -0.2) is 5.60 Å². The number of ether oxygens (including phenoxy) is 1. The molecule has 0 aliphatic rings. The molecule has 0 amide bonds. The number of anilines is 1. The highest BCUT2D eigenvalue weighted by Crippen LogP contribution is 2.25. The second-order valence-corrected chi connectivity index (χ2v) is 3.83. The van der Waals surface area contributed by atoms with Gasteiger partial charge in [-0.05, 0) is 31.9 Å². The van der Waals surface area contributed by atoms with Crippen molar-refractivity contribution in [2.75, 3.05) is 5.73 Å². The van der Waals surface area contributed by atoms with Gasteiger partial charge in [-0.3, -0.25) is 0 Å². The maximum atomic E-state index is 5.90. The molecule has 0 radical (unpaired) electrons. The Bertz CT molecular complexity index is 292. The van der Waals surface area contributed by atoms with Crippen LogP contribution in [0.25, 0.3) is 0 Å². The lowest BCUT2D eigenvalue weighted by atomic mass is 10.00. The predicted molar refractivity (Wildman–Crippen MR) is 60.5 cm³/mol. The van der Waals surface area contributed by atoms with Gasteiger partial charge in [-0.2, -0.15) is 0 Å². The second kappa shape index (κ2) is 4.36. The summed E-state index contributed by atoms with van der Waals surface area (Å²) in [5.41, 5.74) is 6.35. The first-order chi connectivity index (χ1) is 6.59. The lowest BCUT2D eigenvalue weighted by molar-refractivity contribution is 0.0804. The van der Waals surface area contributed by atoms with E-state index in [0.29, 0.717) is 0 Å². The van der Waals surface area contributed by atoms with E-state index in [1.807, 2.05) is 24.3 Å². The molecule has 2 N–H and O–H groups in total. The van der Waals surface area contributed by atoms with Crippen molar-refractivity contribution in [3.63, 3.8) is 0 Å². The van der Waals surface area contributed by atoms with E-state index in [-0.39, 0.29) is 5.60 Å². The van der Waals surface area contributed by atoms with Gasteiger partial charge in [-0.25, -0.2) is 0 Å². The summed E-state index contributed by atoms with van der Waals surface area (Å²) in [6.45, 7) is 6.39. The molecule has 78 valence electrons. The fourth-order valence-electron chi connectivity index (χ4n) is 1.26. The standard InChI is InChI=1S/C12H19NO/c1-4-12(3,5-2)14-11-8-6-7-10(13)9-11/h6-9H,4-5,13H2,1-3H3. The third-order valence-electron chi connectivity index (χ3n) is 2.72. The molecule has 0 spiro atoms. The minimum atomic E-state index is -0.0756. The molecule has 1 rings (SSSR count). The Morgan fingerprint density at radius 3 is 2.43 bits per heavy atom. The normalized spacial score (nSPS) is 11.4. The third kappa shape index (κ3) is 2.66. The highest BCUT2D eigenvalue weighted by Gasteiger charge is 2.21. The summed E-state index contributed by atoms with van der Waals surface area (Å²) in [6.07, 6.45) is 2.00. The van der Waals surface area contributed by atoms with Crippen LogP contribution in [0, 0.1) is 0 Å². The molecule has 2 heteroatoms. The summed E-state index contributed by atoms with van der Waals surface area (Å²) < 4.78 is 5.90. The first-order valence-corrected chi connectivity index (χ1v) is 5.14. The largest absolute Gasteiger partial charge is 0.488 e. The molecule has 0 saturated heterocycles. The van der Waals surface area contributed by atoms with Crippen LogP contribution < -0.4 is 10.5 Å². The third-order valence-corrected chi connectivity index (χ3v) is 2.72. The maximum Gasteiger partial charge on any atom is 0.122 e. The lowest BCUT2D eigenvalue weighted by Gasteiger charge is -2.28. The Morgan fingerprint density at radius 2 is 1.93 bits per heavy atom. The van der Waals surface area contributed by atoms with Gasteiger partial charge >= 0.3 is 0 Å². The van der Waals surface area contributed by atoms with Crippen LogP contribution in [0.2, 0.25) is 0 Å². The molecule has 2 nitrogen and oxygen atoms in total. The van der Waals surface area contributed by atoms with Crippen LogP contribution in [-0.2, 0) is 0 Å². The molecule has 0 atom stereocenters. The van der Waals surface area contributed by atoms with Crippen LogP contribution in [0.5, 0.6) is 5.75 Å². The summed E-state index contributed by atoms with van der Waals surface area (Å²) in [7, 11) is 0. The van der Waals surface area contributed by atoms with E-state index in [9.17, 15) is 0 Å². The number of hydrogen-bond donors (Lipinski definition) is 1. The monoisotopic (exact) mass is 193 g/mol. The van der Waals surface area contributed by atoms with Crippen molar-refractivity contribution < 1.29 is 4.74 Å². The summed E-state index contributed by atoms with van der Waals surface area (Å²) in [5, 5.41) is 0. The maximum absolute atomic E-state index is 5.90. The molecule has 0 saturated carbocycles. The summed E-state index contributed by atoms with van der Waals surface area (Å²) >= 11 is 0. The van der Waals surface area contributed by atoms with E-state index in [1.54, 1.807) is 0 Å². The van der Waals surface area contributed by atoms with Gasteiger partial charge in [-0.15, -0.1) is 0 Å². The summed E-state index contributed by atoms with van der Waals surface area (Å²) in [4.78, 5) is 0. The molecule has 0 heterocycles. The van der Waals surface area contributed by atoms with E-state index in [1.165, 1.54) is 0 Å². The van der Waals surface area contributed by atoms with Crippen molar-refractivity contribution in [3.8, 4) is 5.75 Å². The number of hydrogen-bond acceptors (Lipinski definition) is 2. The number of benzene rings is 1. The molecule has 0 unspecified atom stereocenters. The van der Waals surface area contributed by atoms with Crippen molar-refractivity contribution in [2.24, 2.45) is 0 Å². The number of nitrogens with two attached hydrogens (primary N) is 1. The van der Waals surface area contributed by atoms with Gasteiger partial charge in [-0.1, -0.05) is 19.9 Å². The van der Waals surface area contributed by atoms with Crippen LogP contribution in [0.3, 0.4) is 0 Å². The first-order valence-electron chi connectivity index (χ1n) is 5.14. The molecule has 0 bridgehead atoms. The van der Waals surface area contributed by atoms with Gasteiger partial charge in [0.2, 0.25) is 0 Å². The summed E-state index contributed by atoms with van der Waals surface area (Å²) in [6, 6.07) is 7.59. The molecule has 0 fully saturated rings. The number of nitrogen functional groups attached to an aromatic ring is 1. The van der Waals surface area contributed by atoms with E-state index < -0.39 is 0 Å². The van der Waals surface area contributed by atoms with E-state index in [0.717, 1.165) is 24.3 Å². The van der Waals surface area contributed by atoms with Crippen molar-refractivity contribution in [2.45, 2.75) is 39.2 Å². The Balaban J connectivity index is 2.77. The fraction of sp³-hybridized carbons (Fsp3) is 0.500. The molecule has 1 aromatic rings. The van der Waals surface area contributed by atoms with Crippen LogP contribution in [0.1, 0.15) is 33.6 Å². The van der Waals surface area contributed by atoms with Crippen molar-refractivity contribution in [1.29, 1.82) is 0 Å². The van der Waals surface area contributed by atoms with Gasteiger partial charge in [0.25, 0.3) is 0 Å². The van der Waals surface area contributed by atoms with Crippen LogP contribution in [0.15, 0.2) is 24.3 Å². The van der Waals surface area contributed by atoms with Crippen LogP contribution in [0.4, 0.5) is 5.69 Å². The Hall–Kier alpha value is -1.18. The van der Waals surface area contributed by atoms with Crippen LogP contribution >= 0.6 is 0 Å². The SMILES string of the molecule is CCC(C)(CC)Oc1cccc(N)c1. The highest BCUT2D eigenvalue weighted by atomic mass is 16.5. The van der Waals surface area contributed by atoms with Gasteiger partial charge < -0.3 is 10.5 Å². The molecule has 0 aliphatic carbocycles. The fourth-order valence-corrected chi connectivity index (χ4v) is 1.26. The average Bonchev–Trinajstić information content (AvgIpc) is 2.18. The van der Waals surface area contributed by atoms with Crippen molar-refractivity contribution in [3.05, 3.63) is 24.3 Å². The molecule has 1 aromatic carbocycles. The predicted octanol–water partition coefficient (Wildman–Crippen LogP) is 3.23. The Morgan fingerprint density at radius 1 is 1.29 bits per heavy atom. The minimum absolute atomic E-state index is 0.0756. The zero-order valence-corrected chi connectivity index (χ0v) is 9.21. The smallest absolute Gasteiger partial charge is 0.122 e. The van der Waals surface area contributed by atoms with E-state index >= 15 is 0 Å². The summed E-state index contributed by atoms with van der Waals surface area (Å²) in [5.74, 6) is 0.858. The topological polar surface area (TPSA) is 35.2 Å². The molecular weight excluding hydrogens is 174 g/mol. The molecule has 0 aromatic heterocycles. The Labute approximate surface area is 86.1 Å². The van der Waals surface area contributed by atoms with Gasteiger partial charge in [0, 0.05) is 11.8 Å². The zero-order valence-electron chi connectivity index (χ0n) is 9.21. The molecular formula is C12H19NO. The Kier molecular flexibility index (Phi) is 3.39.